The number of nitrogens with zero attached hydrogens (tertiary/aromatic N) is 1. The Morgan fingerprint density at radius 3 is 2.56 bits per heavy atom. The van der Waals surface area contributed by atoms with Crippen molar-refractivity contribution in [1.29, 1.82) is 0 Å². The molecular weight excluding hydrogens is 314 g/mol. The second-order valence-electron chi connectivity index (χ2n) is 7.33. The maximum absolute atomic E-state index is 12.0. The summed E-state index contributed by atoms with van der Waals surface area (Å²) >= 11 is 0. The molecule has 2 fully saturated rings. The minimum Gasteiger partial charge on any atom is -0.369 e. The average molecular weight is 341 g/mol. The second-order valence-corrected chi connectivity index (χ2v) is 7.33. The summed E-state index contributed by atoms with van der Waals surface area (Å²) in [5, 5.41) is 2.92. The molecule has 5 nitrogen and oxygen atoms in total. The van der Waals surface area contributed by atoms with E-state index in [1.54, 1.807) is 6.08 Å². The molecule has 1 aromatic rings. The summed E-state index contributed by atoms with van der Waals surface area (Å²) in [7, 11) is 0. The molecule has 1 heterocycles. The highest BCUT2D eigenvalue weighted by atomic mass is 16.1. The first-order chi connectivity index (χ1) is 12.0. The van der Waals surface area contributed by atoms with Crippen LogP contribution in [-0.2, 0) is 16.1 Å². The van der Waals surface area contributed by atoms with Crippen LogP contribution in [0.3, 0.4) is 0 Å². The van der Waals surface area contributed by atoms with Crippen LogP contribution < -0.4 is 11.1 Å². The first-order valence-electron chi connectivity index (χ1n) is 9.11. The van der Waals surface area contributed by atoms with Crippen LogP contribution >= 0.6 is 0 Å². The molecule has 25 heavy (non-hydrogen) atoms. The summed E-state index contributed by atoms with van der Waals surface area (Å²) in [6.07, 6.45) is 6.02. The van der Waals surface area contributed by atoms with Gasteiger partial charge in [0.1, 0.15) is 0 Å². The summed E-state index contributed by atoms with van der Waals surface area (Å²) in [5.41, 5.74) is 8.59. The predicted molar refractivity (Wildman–Crippen MR) is 98.7 cm³/mol. The van der Waals surface area contributed by atoms with Gasteiger partial charge in [-0.2, -0.15) is 0 Å². The van der Waals surface area contributed by atoms with E-state index in [0.717, 1.165) is 38.2 Å². The average Bonchev–Trinajstić information content (AvgIpc) is 3.42. The number of amides is 2. The van der Waals surface area contributed by atoms with Gasteiger partial charge in [0, 0.05) is 24.9 Å². The fraction of sp³-hybridized carbons (Fsp3) is 0.500. The number of allylic oxidation sites excluding steroid dienone is 1. The lowest BCUT2D eigenvalue weighted by Crippen LogP contribution is -2.40. The summed E-state index contributed by atoms with van der Waals surface area (Å²) < 4.78 is 0. The number of piperidine rings is 1. The molecule has 0 aromatic heterocycles. The fourth-order valence-corrected chi connectivity index (χ4v) is 3.42. The molecule has 5 heteroatoms. The van der Waals surface area contributed by atoms with E-state index in [9.17, 15) is 9.59 Å². The maximum atomic E-state index is 12.0. The topological polar surface area (TPSA) is 75.4 Å². The normalized spacial score (nSPS) is 21.8. The zero-order chi connectivity index (χ0) is 17.8. The lowest BCUT2D eigenvalue weighted by molar-refractivity contribution is -0.123. The van der Waals surface area contributed by atoms with Gasteiger partial charge in [0.2, 0.25) is 11.8 Å². The number of hydrogen-bond acceptors (Lipinski definition) is 3. The van der Waals surface area contributed by atoms with Gasteiger partial charge in [-0.1, -0.05) is 17.7 Å². The highest BCUT2D eigenvalue weighted by Crippen LogP contribution is 2.35. The van der Waals surface area contributed by atoms with Gasteiger partial charge in [0.25, 0.3) is 0 Å². The third-order valence-electron chi connectivity index (χ3n) is 5.12. The number of anilines is 1. The van der Waals surface area contributed by atoms with E-state index >= 15 is 0 Å². The van der Waals surface area contributed by atoms with Crippen LogP contribution in [0.2, 0.25) is 0 Å². The largest absolute Gasteiger partial charge is 0.369 e. The lowest BCUT2D eigenvalue weighted by atomic mass is 9.97. The minimum absolute atomic E-state index is 0.0335. The molecule has 1 aliphatic carbocycles. The van der Waals surface area contributed by atoms with Crippen LogP contribution in [0.15, 0.2) is 35.9 Å². The van der Waals surface area contributed by atoms with Gasteiger partial charge >= 0.3 is 0 Å². The highest BCUT2D eigenvalue weighted by Gasteiger charge is 2.24. The number of carbonyl (C=O) groups is 2. The third-order valence-corrected chi connectivity index (χ3v) is 5.12. The molecular formula is C20H27N3O2. The molecule has 1 atom stereocenters. The van der Waals surface area contributed by atoms with Gasteiger partial charge in [-0.15, -0.1) is 0 Å². The smallest absolute Gasteiger partial charge is 0.248 e. The van der Waals surface area contributed by atoms with Crippen molar-refractivity contribution >= 4 is 17.5 Å². The number of primary amides is 1. The van der Waals surface area contributed by atoms with E-state index in [1.807, 2.05) is 31.2 Å². The van der Waals surface area contributed by atoms with Crippen LogP contribution in [0.25, 0.3) is 0 Å². The molecule has 1 aliphatic heterocycles. The van der Waals surface area contributed by atoms with Crippen molar-refractivity contribution in [1.82, 2.24) is 4.90 Å². The molecule has 3 N–H and O–H groups in total. The van der Waals surface area contributed by atoms with Crippen LogP contribution in [0.5, 0.6) is 0 Å². The first-order valence-corrected chi connectivity index (χ1v) is 9.11. The van der Waals surface area contributed by atoms with Crippen LogP contribution in [0.1, 0.15) is 38.2 Å². The number of nitrogens with two attached hydrogens (primary N) is 1. The zero-order valence-electron chi connectivity index (χ0n) is 14.8. The van der Waals surface area contributed by atoms with Gasteiger partial charge in [0.05, 0.1) is 5.92 Å². The molecule has 0 spiro atoms. The summed E-state index contributed by atoms with van der Waals surface area (Å²) in [6, 6.07) is 7.92. The second kappa shape index (κ2) is 7.83. The van der Waals surface area contributed by atoms with Crippen LogP contribution in [0.4, 0.5) is 5.69 Å². The fourth-order valence-electron chi connectivity index (χ4n) is 3.42. The van der Waals surface area contributed by atoms with Crippen molar-refractivity contribution in [2.24, 2.45) is 17.6 Å². The molecule has 2 aliphatic rings. The Kier molecular flexibility index (Phi) is 5.53. The summed E-state index contributed by atoms with van der Waals surface area (Å²) in [4.78, 5) is 25.7. The molecule has 0 radical (unpaired) electrons. The predicted octanol–water partition coefficient (Wildman–Crippen LogP) is 2.68. The van der Waals surface area contributed by atoms with E-state index in [1.165, 1.54) is 24.0 Å². The van der Waals surface area contributed by atoms with E-state index in [4.69, 9.17) is 5.73 Å². The van der Waals surface area contributed by atoms with Gasteiger partial charge in [-0.25, -0.2) is 0 Å². The highest BCUT2D eigenvalue weighted by molar-refractivity contribution is 5.99. The molecule has 1 saturated carbocycles. The minimum atomic E-state index is -0.197. The SMILES string of the molecule is C/C(=C\C(=O)Nc1ccc(CN2CCC[C@@H](C(N)=O)C2)cc1)C1CC1. The van der Waals surface area contributed by atoms with Gasteiger partial charge in [-0.05, 0) is 62.8 Å². The molecule has 0 unspecified atom stereocenters. The first kappa shape index (κ1) is 17.7. The lowest BCUT2D eigenvalue weighted by Gasteiger charge is -2.31. The number of likely N-dealkylation sites (tertiary alicyclic amines) is 1. The van der Waals surface area contributed by atoms with Gasteiger partial charge < -0.3 is 11.1 Å². The quantitative estimate of drug-likeness (QED) is 0.781. The number of hydrogen-bond donors (Lipinski definition) is 2. The van der Waals surface area contributed by atoms with Crippen LogP contribution in [-0.4, -0.2) is 29.8 Å². The summed E-state index contributed by atoms with van der Waals surface area (Å²) in [6.45, 7) is 4.56. The number of nitrogens with one attached hydrogen (secondary N) is 1. The van der Waals surface area contributed by atoms with Crippen molar-refractivity contribution in [3.8, 4) is 0 Å². The van der Waals surface area contributed by atoms with Crippen molar-refractivity contribution < 1.29 is 9.59 Å². The van der Waals surface area contributed by atoms with E-state index in [0.29, 0.717) is 5.92 Å². The third kappa shape index (κ3) is 5.16. The van der Waals surface area contributed by atoms with E-state index in [-0.39, 0.29) is 17.7 Å². The molecule has 1 saturated heterocycles. The Balaban J connectivity index is 1.52. The number of benzene rings is 1. The maximum Gasteiger partial charge on any atom is 0.248 e. The molecule has 1 aromatic carbocycles. The monoisotopic (exact) mass is 341 g/mol. The molecule has 2 amide bonds. The molecule has 134 valence electrons. The van der Waals surface area contributed by atoms with Gasteiger partial charge in [-0.3, -0.25) is 14.5 Å². The van der Waals surface area contributed by atoms with Gasteiger partial charge in [0.15, 0.2) is 0 Å². The molecule has 3 rings (SSSR count). The Morgan fingerprint density at radius 2 is 1.92 bits per heavy atom. The zero-order valence-corrected chi connectivity index (χ0v) is 14.8. The molecule has 0 bridgehead atoms. The summed E-state index contributed by atoms with van der Waals surface area (Å²) in [5.74, 6) is 0.325. The van der Waals surface area contributed by atoms with E-state index in [2.05, 4.69) is 10.2 Å². The Hall–Kier alpha value is -2.14. The van der Waals surface area contributed by atoms with Crippen molar-refractivity contribution in [3.05, 3.63) is 41.5 Å². The number of rotatable bonds is 6. The Morgan fingerprint density at radius 1 is 1.20 bits per heavy atom. The Labute approximate surface area is 149 Å². The van der Waals surface area contributed by atoms with E-state index < -0.39 is 0 Å². The van der Waals surface area contributed by atoms with Crippen LogP contribution in [0, 0.1) is 11.8 Å². The van der Waals surface area contributed by atoms with Crippen molar-refractivity contribution in [2.45, 2.75) is 39.2 Å². The standard InChI is InChI=1S/C20H27N3O2/c1-14(16-6-7-16)11-19(24)22-18-8-4-15(5-9-18)12-23-10-2-3-17(13-23)20(21)25/h4-5,8-9,11,16-17H,2-3,6-7,10,12-13H2,1H3,(H2,21,25)(H,22,24)/b14-11+/t17-/m1/s1. The van der Waals surface area contributed by atoms with Crippen molar-refractivity contribution in [2.75, 3.05) is 18.4 Å². The number of carbonyl (C=O) groups excluding carboxylic acids is 2. The Bertz CT molecular complexity index is 662. The van der Waals surface area contributed by atoms with Crippen molar-refractivity contribution in [3.63, 3.8) is 0 Å².